The number of nitrogens with zero attached hydrogens (tertiary/aromatic N) is 4. The van der Waals surface area contributed by atoms with Crippen molar-refractivity contribution in [3.05, 3.63) is 35.7 Å². The second-order valence-electron chi connectivity index (χ2n) is 5.61. The normalized spacial score (nSPS) is 11.1. The van der Waals surface area contributed by atoms with E-state index < -0.39 is 5.82 Å². The molecule has 2 heterocycles. The zero-order chi connectivity index (χ0) is 18.0. The van der Waals surface area contributed by atoms with Gasteiger partial charge in [-0.3, -0.25) is 4.68 Å². The van der Waals surface area contributed by atoms with Gasteiger partial charge < -0.3 is 14.8 Å². The first-order chi connectivity index (χ1) is 12.0. The minimum absolute atomic E-state index is 0.148. The Morgan fingerprint density at radius 1 is 1.20 bits per heavy atom. The van der Waals surface area contributed by atoms with Gasteiger partial charge in [0.1, 0.15) is 12.1 Å². The Hall–Kier alpha value is -2.74. The fraction of sp³-hybridized carbons (Fsp3) is 0.353. The van der Waals surface area contributed by atoms with Gasteiger partial charge in [-0.05, 0) is 19.9 Å². The second kappa shape index (κ2) is 7.02. The summed E-state index contributed by atoms with van der Waals surface area (Å²) in [5.41, 5.74) is 3.17. The van der Waals surface area contributed by atoms with Crippen LogP contribution in [0.25, 0.3) is 10.9 Å². The summed E-state index contributed by atoms with van der Waals surface area (Å²) in [5.74, 6) is 0.259. The molecular formula is C17H20FN5O2. The smallest absolute Gasteiger partial charge is 0.167 e. The molecule has 132 valence electrons. The lowest BCUT2D eigenvalue weighted by atomic mass is 10.2. The number of hydrogen-bond donors (Lipinski definition) is 1. The fourth-order valence-electron chi connectivity index (χ4n) is 2.71. The number of nitrogens with one attached hydrogen (secondary N) is 1. The highest BCUT2D eigenvalue weighted by atomic mass is 19.1. The van der Waals surface area contributed by atoms with Gasteiger partial charge in [0, 0.05) is 18.6 Å². The van der Waals surface area contributed by atoms with Crippen molar-refractivity contribution >= 4 is 22.4 Å². The van der Waals surface area contributed by atoms with Crippen LogP contribution in [0.5, 0.6) is 5.75 Å². The number of halogens is 1. The Morgan fingerprint density at radius 2 is 2.00 bits per heavy atom. The van der Waals surface area contributed by atoms with Crippen molar-refractivity contribution in [2.24, 2.45) is 0 Å². The summed E-state index contributed by atoms with van der Waals surface area (Å²) in [6.07, 6.45) is 1.40. The topological polar surface area (TPSA) is 74.1 Å². The molecule has 3 rings (SSSR count). The van der Waals surface area contributed by atoms with Gasteiger partial charge in [0.05, 0.1) is 42.9 Å². The zero-order valence-corrected chi connectivity index (χ0v) is 14.6. The Balaban J connectivity index is 2.02. The summed E-state index contributed by atoms with van der Waals surface area (Å²) in [5, 5.41) is 8.49. The zero-order valence-electron chi connectivity index (χ0n) is 14.6. The molecule has 0 saturated heterocycles. The monoisotopic (exact) mass is 345 g/mol. The Labute approximate surface area is 144 Å². The maximum atomic E-state index is 13.9. The lowest BCUT2D eigenvalue weighted by Gasteiger charge is -2.11. The van der Waals surface area contributed by atoms with Crippen molar-refractivity contribution in [3.63, 3.8) is 0 Å². The molecular weight excluding hydrogens is 325 g/mol. The maximum Gasteiger partial charge on any atom is 0.167 e. The maximum absolute atomic E-state index is 13.9. The van der Waals surface area contributed by atoms with E-state index in [0.29, 0.717) is 29.9 Å². The first-order valence-electron chi connectivity index (χ1n) is 7.83. The van der Waals surface area contributed by atoms with Crippen LogP contribution in [0.3, 0.4) is 0 Å². The van der Waals surface area contributed by atoms with Gasteiger partial charge in [-0.1, -0.05) is 0 Å². The van der Waals surface area contributed by atoms with Gasteiger partial charge in [0.2, 0.25) is 0 Å². The average molecular weight is 345 g/mol. The van der Waals surface area contributed by atoms with E-state index in [2.05, 4.69) is 20.4 Å². The van der Waals surface area contributed by atoms with Gasteiger partial charge in [0.15, 0.2) is 11.6 Å². The molecule has 0 aliphatic rings. The van der Waals surface area contributed by atoms with Crippen molar-refractivity contribution < 1.29 is 13.9 Å². The molecule has 0 amide bonds. The number of methoxy groups -OCH3 is 2. The summed E-state index contributed by atoms with van der Waals surface area (Å²) in [6.45, 7) is 5.13. The number of hydrogen-bond acceptors (Lipinski definition) is 6. The molecule has 0 atom stereocenters. The largest absolute Gasteiger partial charge is 0.494 e. The third kappa shape index (κ3) is 3.25. The SMILES string of the molecule is COCCn1nc(C)c(Nc2ncnc3cc(F)c(OC)cc23)c1C. The molecule has 0 fully saturated rings. The van der Waals surface area contributed by atoms with Crippen LogP contribution in [0.1, 0.15) is 11.4 Å². The molecule has 25 heavy (non-hydrogen) atoms. The van der Waals surface area contributed by atoms with E-state index >= 15 is 0 Å². The van der Waals surface area contributed by atoms with Crippen LogP contribution in [0.4, 0.5) is 15.9 Å². The van der Waals surface area contributed by atoms with Crippen LogP contribution >= 0.6 is 0 Å². The van der Waals surface area contributed by atoms with E-state index in [1.807, 2.05) is 18.5 Å². The van der Waals surface area contributed by atoms with Crippen LogP contribution in [0.15, 0.2) is 18.5 Å². The Morgan fingerprint density at radius 3 is 2.72 bits per heavy atom. The fourth-order valence-corrected chi connectivity index (χ4v) is 2.71. The summed E-state index contributed by atoms with van der Waals surface area (Å²) in [7, 11) is 3.08. The van der Waals surface area contributed by atoms with Gasteiger partial charge in [0.25, 0.3) is 0 Å². The van der Waals surface area contributed by atoms with Crippen molar-refractivity contribution in [2.45, 2.75) is 20.4 Å². The van der Waals surface area contributed by atoms with Gasteiger partial charge in [-0.2, -0.15) is 5.10 Å². The number of benzene rings is 1. The van der Waals surface area contributed by atoms with E-state index in [1.54, 1.807) is 13.2 Å². The third-order valence-electron chi connectivity index (χ3n) is 4.04. The number of ether oxygens (including phenoxy) is 2. The van der Waals surface area contributed by atoms with Crippen LogP contribution in [0, 0.1) is 19.7 Å². The lowest BCUT2D eigenvalue weighted by molar-refractivity contribution is 0.182. The molecule has 2 aromatic heterocycles. The van der Waals surface area contributed by atoms with Crippen molar-refractivity contribution in [1.29, 1.82) is 0 Å². The molecule has 0 unspecified atom stereocenters. The molecule has 1 aromatic carbocycles. The predicted octanol–water partition coefficient (Wildman–Crippen LogP) is 2.98. The van der Waals surface area contributed by atoms with E-state index in [9.17, 15) is 4.39 Å². The molecule has 0 radical (unpaired) electrons. The number of aromatic nitrogens is 4. The van der Waals surface area contributed by atoms with Crippen molar-refractivity contribution in [3.8, 4) is 5.75 Å². The van der Waals surface area contributed by atoms with Crippen LogP contribution < -0.4 is 10.1 Å². The number of rotatable bonds is 6. The lowest BCUT2D eigenvalue weighted by Crippen LogP contribution is -2.07. The molecule has 8 heteroatoms. The van der Waals surface area contributed by atoms with Crippen LogP contribution in [0.2, 0.25) is 0 Å². The molecule has 0 saturated carbocycles. The van der Waals surface area contributed by atoms with Crippen molar-refractivity contribution in [1.82, 2.24) is 19.7 Å². The molecule has 1 N–H and O–H groups in total. The number of fused-ring (bicyclic) bond motifs is 1. The Bertz CT molecular complexity index is 910. The second-order valence-corrected chi connectivity index (χ2v) is 5.61. The van der Waals surface area contributed by atoms with Gasteiger partial charge in [-0.25, -0.2) is 14.4 Å². The highest BCUT2D eigenvalue weighted by Crippen LogP contribution is 2.30. The van der Waals surface area contributed by atoms with Gasteiger partial charge >= 0.3 is 0 Å². The minimum Gasteiger partial charge on any atom is -0.494 e. The summed E-state index contributed by atoms with van der Waals surface area (Å²) >= 11 is 0. The van der Waals surface area contributed by atoms with Gasteiger partial charge in [-0.15, -0.1) is 0 Å². The number of anilines is 2. The van der Waals surface area contributed by atoms with E-state index in [-0.39, 0.29) is 5.75 Å². The molecule has 0 aliphatic heterocycles. The molecule has 0 spiro atoms. The summed E-state index contributed by atoms with van der Waals surface area (Å²) < 4.78 is 26.0. The first kappa shape index (κ1) is 17.1. The summed E-state index contributed by atoms with van der Waals surface area (Å²) in [4.78, 5) is 8.43. The van der Waals surface area contributed by atoms with E-state index in [0.717, 1.165) is 17.1 Å². The first-order valence-corrected chi connectivity index (χ1v) is 7.83. The molecule has 0 aliphatic carbocycles. The summed E-state index contributed by atoms with van der Waals surface area (Å²) in [6, 6.07) is 2.93. The van der Waals surface area contributed by atoms with E-state index in [4.69, 9.17) is 9.47 Å². The average Bonchev–Trinajstić information content (AvgIpc) is 2.87. The quantitative estimate of drug-likeness (QED) is 0.740. The van der Waals surface area contributed by atoms with E-state index in [1.165, 1.54) is 19.5 Å². The predicted molar refractivity (Wildman–Crippen MR) is 92.9 cm³/mol. The van der Waals surface area contributed by atoms with Crippen LogP contribution in [-0.2, 0) is 11.3 Å². The van der Waals surface area contributed by atoms with Crippen LogP contribution in [-0.4, -0.2) is 40.6 Å². The number of aryl methyl sites for hydroxylation is 1. The standard InChI is InChI=1S/C17H20FN5O2/c1-10-16(11(2)23(22-10)5-6-24-3)21-17-12-7-15(25-4)13(18)8-14(12)19-9-20-17/h7-9H,5-6H2,1-4H3,(H,19,20,21). The third-order valence-corrected chi connectivity index (χ3v) is 4.04. The minimum atomic E-state index is -0.459. The highest BCUT2D eigenvalue weighted by molar-refractivity contribution is 5.92. The molecule has 7 nitrogen and oxygen atoms in total. The highest BCUT2D eigenvalue weighted by Gasteiger charge is 2.15. The molecule has 3 aromatic rings. The Kier molecular flexibility index (Phi) is 4.80. The van der Waals surface area contributed by atoms with Crippen molar-refractivity contribution in [2.75, 3.05) is 26.1 Å². The molecule has 0 bridgehead atoms.